The summed E-state index contributed by atoms with van der Waals surface area (Å²) in [6.45, 7) is 5.57. The van der Waals surface area contributed by atoms with Crippen molar-refractivity contribution in [3.8, 4) is 0 Å². The second kappa shape index (κ2) is 5.61. The van der Waals surface area contributed by atoms with Gasteiger partial charge >= 0.3 is 5.97 Å². The minimum absolute atomic E-state index is 0.0203. The Morgan fingerprint density at radius 1 is 1.62 bits per heavy atom. The SMILES string of the molecule is CCOC(=O)CC(O)CN1CCC(C)(O)C1. The summed E-state index contributed by atoms with van der Waals surface area (Å²) in [5.74, 6) is -0.374. The summed E-state index contributed by atoms with van der Waals surface area (Å²) < 4.78 is 4.75. The molecule has 0 aromatic heterocycles. The Balaban J connectivity index is 2.24. The van der Waals surface area contributed by atoms with Crippen LogP contribution < -0.4 is 0 Å². The van der Waals surface area contributed by atoms with Gasteiger partial charge in [-0.25, -0.2) is 0 Å². The van der Waals surface area contributed by atoms with Gasteiger partial charge in [-0.1, -0.05) is 0 Å². The molecule has 0 bridgehead atoms. The summed E-state index contributed by atoms with van der Waals surface area (Å²) in [6, 6.07) is 0. The standard InChI is InChI=1S/C11H21NO4/c1-3-16-10(14)6-9(13)7-12-5-4-11(2,15)8-12/h9,13,15H,3-8H2,1-2H3. The number of hydrogen-bond donors (Lipinski definition) is 2. The maximum absolute atomic E-state index is 11.1. The summed E-state index contributed by atoms with van der Waals surface area (Å²) in [7, 11) is 0. The maximum atomic E-state index is 11.1. The molecule has 0 aromatic carbocycles. The van der Waals surface area contributed by atoms with Gasteiger partial charge in [-0.05, 0) is 20.3 Å². The number of carbonyl (C=O) groups is 1. The lowest BCUT2D eigenvalue weighted by atomic mass is 10.1. The Morgan fingerprint density at radius 2 is 2.31 bits per heavy atom. The monoisotopic (exact) mass is 231 g/mol. The Morgan fingerprint density at radius 3 is 2.81 bits per heavy atom. The second-order valence-electron chi connectivity index (χ2n) is 4.65. The molecule has 1 fully saturated rings. The molecule has 5 nitrogen and oxygen atoms in total. The third-order valence-corrected chi connectivity index (χ3v) is 2.71. The lowest BCUT2D eigenvalue weighted by Gasteiger charge is -2.21. The fourth-order valence-electron chi connectivity index (χ4n) is 1.97. The van der Waals surface area contributed by atoms with Crippen molar-refractivity contribution in [3.05, 3.63) is 0 Å². The van der Waals surface area contributed by atoms with Gasteiger partial charge in [-0.3, -0.25) is 9.69 Å². The lowest BCUT2D eigenvalue weighted by Crippen LogP contribution is -2.35. The van der Waals surface area contributed by atoms with Crippen LogP contribution in [0.15, 0.2) is 0 Å². The van der Waals surface area contributed by atoms with Crippen molar-refractivity contribution in [2.75, 3.05) is 26.2 Å². The van der Waals surface area contributed by atoms with E-state index in [2.05, 4.69) is 0 Å². The molecule has 2 N–H and O–H groups in total. The molecule has 1 aliphatic rings. The quantitative estimate of drug-likeness (QED) is 0.639. The number of rotatable bonds is 5. The van der Waals surface area contributed by atoms with Crippen LogP contribution in [0.25, 0.3) is 0 Å². The number of β-amino-alcohol motifs (C(OH)–C–C–N with tert-alkyl or cyclic N) is 2. The molecule has 0 aromatic rings. The van der Waals surface area contributed by atoms with Gasteiger partial charge in [0.25, 0.3) is 0 Å². The smallest absolute Gasteiger partial charge is 0.308 e. The zero-order valence-electron chi connectivity index (χ0n) is 9.98. The van der Waals surface area contributed by atoms with Crippen LogP contribution in [0.1, 0.15) is 26.7 Å². The second-order valence-corrected chi connectivity index (χ2v) is 4.65. The van der Waals surface area contributed by atoms with E-state index in [-0.39, 0.29) is 12.4 Å². The number of ether oxygens (including phenoxy) is 1. The Labute approximate surface area is 96.0 Å². The van der Waals surface area contributed by atoms with Crippen LogP contribution in [0.5, 0.6) is 0 Å². The van der Waals surface area contributed by atoms with Crippen LogP contribution in [0.4, 0.5) is 0 Å². The number of esters is 1. The van der Waals surface area contributed by atoms with Crippen LogP contribution in [-0.2, 0) is 9.53 Å². The number of aliphatic hydroxyl groups excluding tert-OH is 1. The van der Waals surface area contributed by atoms with E-state index in [4.69, 9.17) is 4.74 Å². The molecule has 0 spiro atoms. The molecule has 2 atom stereocenters. The van der Waals surface area contributed by atoms with Crippen molar-refractivity contribution < 1.29 is 19.7 Å². The highest BCUT2D eigenvalue weighted by Gasteiger charge is 2.32. The van der Waals surface area contributed by atoms with E-state index in [1.165, 1.54) is 0 Å². The molecule has 0 amide bonds. The normalized spacial score (nSPS) is 28.0. The van der Waals surface area contributed by atoms with Gasteiger partial charge in [0, 0.05) is 19.6 Å². The molecule has 1 saturated heterocycles. The number of hydrogen-bond acceptors (Lipinski definition) is 5. The summed E-state index contributed by atoms with van der Waals surface area (Å²) in [5, 5.41) is 19.4. The Kier molecular flexibility index (Phi) is 4.70. The van der Waals surface area contributed by atoms with Gasteiger partial charge in [0.2, 0.25) is 0 Å². The molecular weight excluding hydrogens is 210 g/mol. The topological polar surface area (TPSA) is 70.0 Å². The third kappa shape index (κ3) is 4.47. The van der Waals surface area contributed by atoms with Crippen molar-refractivity contribution in [2.24, 2.45) is 0 Å². The maximum Gasteiger partial charge on any atom is 0.308 e. The highest BCUT2D eigenvalue weighted by atomic mass is 16.5. The lowest BCUT2D eigenvalue weighted by molar-refractivity contribution is -0.145. The molecule has 1 heterocycles. The van der Waals surface area contributed by atoms with E-state index in [1.807, 2.05) is 4.90 Å². The minimum atomic E-state index is -0.715. The average molecular weight is 231 g/mol. The first-order valence-electron chi connectivity index (χ1n) is 5.71. The molecule has 16 heavy (non-hydrogen) atoms. The number of likely N-dealkylation sites (tertiary alicyclic amines) is 1. The van der Waals surface area contributed by atoms with Crippen molar-refractivity contribution in [1.29, 1.82) is 0 Å². The summed E-state index contributed by atoms with van der Waals surface area (Å²) >= 11 is 0. The Hall–Kier alpha value is -0.650. The van der Waals surface area contributed by atoms with Crippen molar-refractivity contribution >= 4 is 5.97 Å². The number of carbonyl (C=O) groups excluding carboxylic acids is 1. The highest BCUT2D eigenvalue weighted by Crippen LogP contribution is 2.20. The molecule has 1 aliphatic heterocycles. The van der Waals surface area contributed by atoms with Crippen molar-refractivity contribution in [2.45, 2.75) is 38.4 Å². The van der Waals surface area contributed by atoms with Crippen molar-refractivity contribution in [3.63, 3.8) is 0 Å². The largest absolute Gasteiger partial charge is 0.466 e. The van der Waals surface area contributed by atoms with Crippen LogP contribution >= 0.6 is 0 Å². The Bertz CT molecular complexity index is 242. The molecule has 2 unspecified atom stereocenters. The van der Waals surface area contributed by atoms with E-state index in [9.17, 15) is 15.0 Å². The predicted molar refractivity (Wildman–Crippen MR) is 58.9 cm³/mol. The molecule has 0 saturated carbocycles. The molecular formula is C11H21NO4. The first-order chi connectivity index (χ1) is 7.43. The minimum Gasteiger partial charge on any atom is -0.466 e. The van der Waals surface area contributed by atoms with Gasteiger partial charge < -0.3 is 14.9 Å². The van der Waals surface area contributed by atoms with Crippen LogP contribution in [0.3, 0.4) is 0 Å². The summed E-state index contributed by atoms with van der Waals surface area (Å²) in [4.78, 5) is 13.1. The van der Waals surface area contributed by atoms with E-state index < -0.39 is 11.7 Å². The third-order valence-electron chi connectivity index (χ3n) is 2.71. The zero-order valence-corrected chi connectivity index (χ0v) is 9.98. The van der Waals surface area contributed by atoms with Crippen LogP contribution in [0.2, 0.25) is 0 Å². The van der Waals surface area contributed by atoms with Gasteiger partial charge in [0.1, 0.15) is 0 Å². The van der Waals surface area contributed by atoms with Gasteiger partial charge in [0.05, 0.1) is 24.7 Å². The van der Waals surface area contributed by atoms with E-state index in [0.29, 0.717) is 26.1 Å². The van der Waals surface area contributed by atoms with Gasteiger partial charge in [-0.2, -0.15) is 0 Å². The van der Waals surface area contributed by atoms with Crippen LogP contribution in [0, 0.1) is 0 Å². The van der Waals surface area contributed by atoms with E-state index in [0.717, 1.165) is 6.54 Å². The first-order valence-corrected chi connectivity index (χ1v) is 5.71. The molecule has 5 heteroatoms. The van der Waals surface area contributed by atoms with Crippen LogP contribution in [-0.4, -0.2) is 59.0 Å². The first kappa shape index (κ1) is 13.4. The van der Waals surface area contributed by atoms with E-state index >= 15 is 0 Å². The van der Waals surface area contributed by atoms with Gasteiger partial charge in [0.15, 0.2) is 0 Å². The van der Waals surface area contributed by atoms with Gasteiger partial charge in [-0.15, -0.1) is 0 Å². The summed E-state index contributed by atoms with van der Waals surface area (Å²) in [5.41, 5.74) is -0.663. The zero-order chi connectivity index (χ0) is 12.2. The van der Waals surface area contributed by atoms with Crippen molar-refractivity contribution in [1.82, 2.24) is 4.90 Å². The number of aliphatic hydroxyl groups is 2. The fourth-order valence-corrected chi connectivity index (χ4v) is 1.97. The fraction of sp³-hybridized carbons (Fsp3) is 0.909. The van der Waals surface area contributed by atoms with E-state index in [1.54, 1.807) is 13.8 Å². The highest BCUT2D eigenvalue weighted by molar-refractivity contribution is 5.69. The molecule has 94 valence electrons. The molecule has 0 aliphatic carbocycles. The number of nitrogens with zero attached hydrogens (tertiary/aromatic N) is 1. The molecule has 1 rings (SSSR count). The summed E-state index contributed by atoms with van der Waals surface area (Å²) in [6.07, 6.45) is 0.0129. The molecule has 0 radical (unpaired) electrons. The predicted octanol–water partition coefficient (Wildman–Crippen LogP) is -0.243. The average Bonchev–Trinajstić information content (AvgIpc) is 2.45.